The Morgan fingerprint density at radius 2 is 1.91 bits per heavy atom. The van der Waals surface area contributed by atoms with Crippen LogP contribution in [-0.4, -0.2) is 58.8 Å². The van der Waals surface area contributed by atoms with Crippen molar-refractivity contribution in [1.82, 2.24) is 20.9 Å². The Morgan fingerprint density at radius 1 is 1.12 bits per heavy atom. The van der Waals surface area contributed by atoms with Crippen molar-refractivity contribution in [3.63, 3.8) is 0 Å². The van der Waals surface area contributed by atoms with Gasteiger partial charge in [0.15, 0.2) is 5.78 Å². The lowest BCUT2D eigenvalue weighted by molar-refractivity contribution is -0.131. The maximum Gasteiger partial charge on any atom is 0.268 e. The highest BCUT2D eigenvalue weighted by Crippen LogP contribution is 2.34. The number of para-hydroxylation sites is 1. The van der Waals surface area contributed by atoms with E-state index in [9.17, 15) is 24.3 Å². The monoisotopic (exact) mass is 474 g/mol. The summed E-state index contributed by atoms with van der Waals surface area (Å²) in [5.74, 6) is -1.77. The fraction of sp³-hybridized carbons (Fsp3) is 0.478. The number of carbonyl (C=O) groups is 4. The minimum Gasteiger partial charge on any atom is -0.389 e. The quantitative estimate of drug-likeness (QED) is 0.353. The van der Waals surface area contributed by atoms with Crippen molar-refractivity contribution in [2.24, 2.45) is 11.8 Å². The molecule has 0 bridgehead atoms. The number of nitrogens with one attached hydrogen (secondary N) is 4. The summed E-state index contributed by atoms with van der Waals surface area (Å²) in [6, 6.07) is 5.15. The third-order valence-electron chi connectivity index (χ3n) is 6.28. The van der Waals surface area contributed by atoms with Crippen molar-refractivity contribution in [2.75, 3.05) is 13.2 Å². The van der Waals surface area contributed by atoms with Gasteiger partial charge < -0.3 is 26.0 Å². The highest BCUT2D eigenvalue weighted by molar-refractivity contribution is 6.35. The number of hydrogen-bond donors (Lipinski definition) is 5. The van der Waals surface area contributed by atoms with Gasteiger partial charge in [-0.25, -0.2) is 0 Å². The molecular weight excluding hydrogens is 448 g/mol. The van der Waals surface area contributed by atoms with Crippen molar-refractivity contribution in [3.8, 4) is 0 Å². The number of H-pyrrole nitrogens is 1. The molecule has 1 saturated carbocycles. The topological polar surface area (TPSA) is 140 Å². The average molecular weight is 475 g/mol. The average Bonchev–Trinajstić information content (AvgIpc) is 3.35. The lowest BCUT2D eigenvalue weighted by Gasteiger charge is -2.23. The van der Waals surface area contributed by atoms with Gasteiger partial charge in [0, 0.05) is 17.8 Å². The molecule has 1 saturated heterocycles. The second-order valence-electron chi connectivity index (χ2n) is 8.79. The summed E-state index contributed by atoms with van der Waals surface area (Å²) >= 11 is 6.18. The first-order chi connectivity index (χ1) is 15.9. The molecule has 2 aromatic rings. The molecule has 0 unspecified atom stereocenters. The number of halogens is 1. The number of amides is 3. The fourth-order valence-corrected chi connectivity index (χ4v) is 4.43. The highest BCUT2D eigenvalue weighted by atomic mass is 35.5. The van der Waals surface area contributed by atoms with Crippen LogP contribution in [0.5, 0.6) is 0 Å². The standard InChI is InChI=1S/C23H27ClN4O5/c24-15-3-1-2-13-9-18(26-20(13)15)23(33)28-17(8-12-4-5-12)22(32)27-16(19(30)11-29)10-14-6-7-25-21(14)31/h1-3,9,12,14,16-17,26,29H,4-8,10-11H2,(H,25,31)(H,27,32)(H,28,33)/t14-,16-,17-/m0/s1. The zero-order valence-electron chi connectivity index (χ0n) is 18.0. The summed E-state index contributed by atoms with van der Waals surface area (Å²) in [7, 11) is 0. The van der Waals surface area contributed by atoms with E-state index in [0.29, 0.717) is 35.8 Å². The van der Waals surface area contributed by atoms with Crippen LogP contribution < -0.4 is 16.0 Å². The molecule has 2 heterocycles. The molecule has 1 aliphatic carbocycles. The Hall–Kier alpha value is -2.91. The van der Waals surface area contributed by atoms with E-state index in [1.165, 1.54) is 0 Å². The molecule has 2 aliphatic rings. The van der Waals surface area contributed by atoms with Gasteiger partial charge in [-0.1, -0.05) is 36.6 Å². The summed E-state index contributed by atoms with van der Waals surface area (Å²) < 4.78 is 0. The summed E-state index contributed by atoms with van der Waals surface area (Å²) in [6.45, 7) is -0.221. The predicted molar refractivity (Wildman–Crippen MR) is 122 cm³/mol. The van der Waals surface area contributed by atoms with E-state index < -0.39 is 42.2 Å². The summed E-state index contributed by atoms with van der Waals surface area (Å²) in [6.07, 6.45) is 3.07. The molecule has 5 N–H and O–H groups in total. The number of aliphatic hydroxyl groups is 1. The van der Waals surface area contributed by atoms with Crippen molar-refractivity contribution in [2.45, 2.75) is 44.2 Å². The number of aromatic nitrogens is 1. The van der Waals surface area contributed by atoms with Crippen LogP contribution in [0.25, 0.3) is 10.9 Å². The molecule has 1 aromatic carbocycles. The minimum atomic E-state index is -0.998. The Kier molecular flexibility index (Phi) is 6.99. The lowest BCUT2D eigenvalue weighted by atomic mass is 9.95. The molecule has 9 nitrogen and oxygen atoms in total. The van der Waals surface area contributed by atoms with E-state index in [2.05, 4.69) is 20.9 Å². The molecule has 33 heavy (non-hydrogen) atoms. The zero-order valence-corrected chi connectivity index (χ0v) is 18.8. The molecule has 3 amide bonds. The number of ketones is 1. The molecule has 0 radical (unpaired) electrons. The molecule has 10 heteroatoms. The van der Waals surface area contributed by atoms with Crippen LogP contribution in [0.2, 0.25) is 5.02 Å². The molecule has 4 rings (SSSR count). The van der Waals surface area contributed by atoms with E-state index in [4.69, 9.17) is 11.6 Å². The Bertz CT molecular complexity index is 1080. The van der Waals surface area contributed by atoms with Crippen LogP contribution in [0.4, 0.5) is 0 Å². The molecule has 3 atom stereocenters. The Labute approximate surface area is 195 Å². The van der Waals surface area contributed by atoms with E-state index in [-0.39, 0.29) is 18.0 Å². The first-order valence-corrected chi connectivity index (χ1v) is 11.5. The second kappa shape index (κ2) is 9.93. The molecule has 2 fully saturated rings. The first kappa shape index (κ1) is 23.3. The van der Waals surface area contributed by atoms with E-state index in [0.717, 1.165) is 18.2 Å². The number of carbonyl (C=O) groups excluding carboxylic acids is 4. The van der Waals surface area contributed by atoms with Crippen LogP contribution in [0.15, 0.2) is 24.3 Å². The molecule has 1 aromatic heterocycles. The summed E-state index contributed by atoms with van der Waals surface area (Å²) in [5, 5.41) is 18.8. The van der Waals surface area contributed by atoms with Crippen molar-refractivity contribution in [1.29, 1.82) is 0 Å². The number of Topliss-reactive ketones (excluding diaryl/α,β-unsaturated/α-hetero) is 1. The molecule has 0 spiro atoms. The van der Waals surface area contributed by atoms with Crippen molar-refractivity contribution < 1.29 is 24.3 Å². The highest BCUT2D eigenvalue weighted by Gasteiger charge is 2.35. The largest absolute Gasteiger partial charge is 0.389 e. The lowest BCUT2D eigenvalue weighted by Crippen LogP contribution is -2.53. The number of aromatic amines is 1. The van der Waals surface area contributed by atoms with E-state index in [1.807, 2.05) is 6.07 Å². The number of aliphatic hydroxyl groups excluding tert-OH is 1. The van der Waals surface area contributed by atoms with Gasteiger partial charge in [0.05, 0.1) is 16.6 Å². The number of fused-ring (bicyclic) bond motifs is 1. The van der Waals surface area contributed by atoms with E-state index >= 15 is 0 Å². The van der Waals surface area contributed by atoms with Gasteiger partial charge in [-0.2, -0.15) is 0 Å². The van der Waals surface area contributed by atoms with Gasteiger partial charge >= 0.3 is 0 Å². The van der Waals surface area contributed by atoms with Gasteiger partial charge in [0.1, 0.15) is 18.3 Å². The maximum absolute atomic E-state index is 13.1. The van der Waals surface area contributed by atoms with Gasteiger partial charge in [-0.3, -0.25) is 19.2 Å². The molecule has 1 aliphatic heterocycles. The van der Waals surface area contributed by atoms with Crippen LogP contribution in [0, 0.1) is 11.8 Å². The predicted octanol–water partition coefficient (Wildman–Crippen LogP) is 1.29. The van der Waals surface area contributed by atoms with Gasteiger partial charge in [-0.15, -0.1) is 0 Å². The maximum atomic E-state index is 13.1. The number of benzene rings is 1. The molecular formula is C23H27ClN4O5. The molecule has 176 valence electrons. The van der Waals surface area contributed by atoms with Crippen LogP contribution >= 0.6 is 11.6 Å². The number of hydrogen-bond acceptors (Lipinski definition) is 5. The third-order valence-corrected chi connectivity index (χ3v) is 6.60. The smallest absolute Gasteiger partial charge is 0.268 e. The van der Waals surface area contributed by atoms with Crippen LogP contribution in [0.1, 0.15) is 42.6 Å². The SMILES string of the molecule is O=C(N[C@@H](CC1CC1)C(=O)N[C@@H](C[C@@H]1CCNC1=O)C(=O)CO)c1cc2cccc(Cl)c2[nH]1. The summed E-state index contributed by atoms with van der Waals surface area (Å²) in [5.41, 5.74) is 0.910. The van der Waals surface area contributed by atoms with Crippen LogP contribution in [0.3, 0.4) is 0 Å². The summed E-state index contributed by atoms with van der Waals surface area (Å²) in [4.78, 5) is 53.2. The third kappa shape index (κ3) is 5.54. The van der Waals surface area contributed by atoms with Crippen LogP contribution in [-0.2, 0) is 14.4 Å². The minimum absolute atomic E-state index is 0.113. The van der Waals surface area contributed by atoms with Crippen molar-refractivity contribution >= 4 is 46.0 Å². The Morgan fingerprint density at radius 3 is 2.55 bits per heavy atom. The van der Waals surface area contributed by atoms with Gasteiger partial charge in [0.2, 0.25) is 11.8 Å². The number of rotatable bonds is 10. The Balaban J connectivity index is 1.47. The van der Waals surface area contributed by atoms with E-state index in [1.54, 1.807) is 18.2 Å². The van der Waals surface area contributed by atoms with Gasteiger partial charge in [0.25, 0.3) is 5.91 Å². The second-order valence-corrected chi connectivity index (χ2v) is 9.20. The zero-order chi connectivity index (χ0) is 23.5. The fourth-order valence-electron chi connectivity index (χ4n) is 4.20. The van der Waals surface area contributed by atoms with Crippen molar-refractivity contribution in [3.05, 3.63) is 35.0 Å². The normalized spacial score (nSPS) is 19.7. The van der Waals surface area contributed by atoms with Gasteiger partial charge in [-0.05, 0) is 37.3 Å². The first-order valence-electron chi connectivity index (χ1n) is 11.2.